The summed E-state index contributed by atoms with van der Waals surface area (Å²) in [7, 11) is -1.90. The van der Waals surface area contributed by atoms with Gasteiger partial charge in [-0.15, -0.1) is 0 Å². The number of benzene rings is 1. The molecule has 3 rings (SSSR count). The number of nitrogens with zero attached hydrogens (tertiary/aromatic N) is 3. The number of hydrogen-bond acceptors (Lipinski definition) is 4. The number of rotatable bonds is 5. The highest BCUT2D eigenvalue weighted by atomic mass is 32.2. The van der Waals surface area contributed by atoms with Crippen LogP contribution in [0.1, 0.15) is 16.1 Å². The van der Waals surface area contributed by atoms with Crippen molar-refractivity contribution in [3.8, 4) is 0 Å². The van der Waals surface area contributed by atoms with Gasteiger partial charge in [0, 0.05) is 25.6 Å². The first-order chi connectivity index (χ1) is 11.5. The van der Waals surface area contributed by atoms with Crippen molar-refractivity contribution >= 4 is 15.9 Å². The summed E-state index contributed by atoms with van der Waals surface area (Å²) in [6, 6.07) is 11.3. The third kappa shape index (κ3) is 3.23. The molecular formula is C16H16N4O3S. The van der Waals surface area contributed by atoms with E-state index in [0.717, 1.165) is 9.67 Å². The van der Waals surface area contributed by atoms with E-state index in [4.69, 9.17) is 0 Å². The molecule has 0 bridgehead atoms. The Bertz CT molecular complexity index is 958. The summed E-state index contributed by atoms with van der Waals surface area (Å²) < 4.78 is 27.6. The van der Waals surface area contributed by atoms with E-state index >= 15 is 0 Å². The van der Waals surface area contributed by atoms with Gasteiger partial charge >= 0.3 is 0 Å². The Labute approximate surface area is 139 Å². The lowest BCUT2D eigenvalue weighted by molar-refractivity contribution is 0.0950. The van der Waals surface area contributed by atoms with Gasteiger partial charge in [-0.3, -0.25) is 9.48 Å². The number of carbonyl (C=O) groups is 1. The van der Waals surface area contributed by atoms with E-state index in [-0.39, 0.29) is 22.9 Å². The molecule has 2 heterocycles. The van der Waals surface area contributed by atoms with Crippen LogP contribution in [0.25, 0.3) is 0 Å². The van der Waals surface area contributed by atoms with Gasteiger partial charge in [0.05, 0.1) is 22.7 Å². The van der Waals surface area contributed by atoms with Crippen molar-refractivity contribution in [1.82, 2.24) is 19.1 Å². The number of nitrogens with one attached hydrogen (secondary N) is 1. The zero-order valence-electron chi connectivity index (χ0n) is 13.0. The minimum absolute atomic E-state index is 0.168. The Balaban J connectivity index is 1.74. The summed E-state index contributed by atoms with van der Waals surface area (Å²) in [6.07, 6.45) is 4.44. The highest BCUT2D eigenvalue weighted by Gasteiger charge is 2.18. The van der Waals surface area contributed by atoms with E-state index in [9.17, 15) is 13.2 Å². The zero-order chi connectivity index (χ0) is 17.2. The molecule has 0 aliphatic heterocycles. The van der Waals surface area contributed by atoms with Crippen LogP contribution >= 0.6 is 0 Å². The second kappa shape index (κ2) is 6.32. The highest BCUT2D eigenvalue weighted by molar-refractivity contribution is 7.90. The predicted octanol–water partition coefficient (Wildman–Crippen LogP) is 1.39. The molecule has 0 radical (unpaired) electrons. The zero-order valence-corrected chi connectivity index (χ0v) is 13.8. The van der Waals surface area contributed by atoms with Crippen LogP contribution in [-0.4, -0.2) is 28.1 Å². The second-order valence-corrected chi connectivity index (χ2v) is 7.05. The standard InChI is InChI=1S/C16H16N4O3S/c1-19-9-8-14(18-19)11-17-16(21)13-7-10-20(12-13)24(22,23)15-5-3-2-4-6-15/h2-10,12H,11H2,1H3,(H,17,21). The van der Waals surface area contributed by atoms with Gasteiger partial charge < -0.3 is 5.32 Å². The molecule has 0 saturated heterocycles. The minimum Gasteiger partial charge on any atom is -0.346 e. The molecular weight excluding hydrogens is 328 g/mol. The second-order valence-electron chi connectivity index (χ2n) is 5.21. The summed E-state index contributed by atoms with van der Waals surface area (Å²) in [4.78, 5) is 12.3. The molecule has 24 heavy (non-hydrogen) atoms. The van der Waals surface area contributed by atoms with Crippen molar-refractivity contribution < 1.29 is 13.2 Å². The first-order valence-electron chi connectivity index (χ1n) is 7.22. The van der Waals surface area contributed by atoms with Gasteiger partial charge in [-0.05, 0) is 24.3 Å². The molecule has 8 heteroatoms. The summed E-state index contributed by atoms with van der Waals surface area (Å²) in [5.74, 6) is -0.359. The van der Waals surface area contributed by atoms with E-state index in [1.807, 2.05) is 0 Å². The SMILES string of the molecule is Cn1ccc(CNC(=O)c2ccn(S(=O)(=O)c3ccccc3)c2)n1. The highest BCUT2D eigenvalue weighted by Crippen LogP contribution is 2.14. The molecule has 1 N–H and O–H groups in total. The van der Waals surface area contributed by atoms with E-state index < -0.39 is 10.0 Å². The number of aryl methyl sites for hydroxylation is 1. The first kappa shape index (κ1) is 16.0. The average Bonchev–Trinajstić information content (AvgIpc) is 3.23. The van der Waals surface area contributed by atoms with Crippen LogP contribution in [0.3, 0.4) is 0 Å². The lowest BCUT2D eigenvalue weighted by Crippen LogP contribution is -2.23. The summed E-state index contributed by atoms with van der Waals surface area (Å²) in [5.41, 5.74) is 0.993. The van der Waals surface area contributed by atoms with Crippen LogP contribution in [0.15, 0.2) is 66.0 Å². The molecule has 1 aromatic carbocycles. The first-order valence-corrected chi connectivity index (χ1v) is 8.66. The molecule has 1 amide bonds. The van der Waals surface area contributed by atoms with E-state index in [1.54, 1.807) is 42.2 Å². The molecule has 7 nitrogen and oxygen atoms in total. The summed E-state index contributed by atoms with van der Waals surface area (Å²) in [5, 5.41) is 6.87. The fraction of sp³-hybridized carbons (Fsp3) is 0.125. The number of carbonyl (C=O) groups excluding carboxylic acids is 1. The molecule has 124 valence electrons. The third-order valence-electron chi connectivity index (χ3n) is 3.45. The van der Waals surface area contributed by atoms with Crippen molar-refractivity contribution in [2.24, 2.45) is 7.05 Å². The molecule has 2 aromatic heterocycles. The Morgan fingerprint density at radius 3 is 2.54 bits per heavy atom. The van der Waals surface area contributed by atoms with E-state index in [1.165, 1.54) is 30.6 Å². The number of hydrogen-bond donors (Lipinski definition) is 1. The fourth-order valence-electron chi connectivity index (χ4n) is 2.21. The topological polar surface area (TPSA) is 86.0 Å². The Kier molecular flexibility index (Phi) is 4.22. The fourth-order valence-corrected chi connectivity index (χ4v) is 3.42. The maximum Gasteiger partial charge on any atom is 0.267 e. The third-order valence-corrected chi connectivity index (χ3v) is 5.10. The minimum atomic E-state index is -3.69. The largest absolute Gasteiger partial charge is 0.346 e. The van der Waals surface area contributed by atoms with Gasteiger partial charge in [-0.2, -0.15) is 5.10 Å². The lowest BCUT2D eigenvalue weighted by atomic mass is 10.3. The van der Waals surface area contributed by atoms with Crippen LogP contribution in [0.2, 0.25) is 0 Å². The summed E-state index contributed by atoms with van der Waals surface area (Å²) in [6.45, 7) is 0.274. The van der Waals surface area contributed by atoms with Crippen LogP contribution in [-0.2, 0) is 23.6 Å². The normalized spacial score (nSPS) is 11.4. The van der Waals surface area contributed by atoms with Crippen molar-refractivity contribution in [3.63, 3.8) is 0 Å². The Morgan fingerprint density at radius 2 is 1.88 bits per heavy atom. The predicted molar refractivity (Wildman–Crippen MR) is 87.8 cm³/mol. The molecule has 0 spiro atoms. The molecule has 0 saturated carbocycles. The van der Waals surface area contributed by atoms with Gasteiger partial charge in [0.15, 0.2) is 0 Å². The van der Waals surface area contributed by atoms with E-state index in [2.05, 4.69) is 10.4 Å². The monoisotopic (exact) mass is 344 g/mol. The average molecular weight is 344 g/mol. The molecule has 0 aliphatic carbocycles. The molecule has 0 atom stereocenters. The molecule has 3 aromatic rings. The van der Waals surface area contributed by atoms with Gasteiger partial charge in [-0.1, -0.05) is 18.2 Å². The van der Waals surface area contributed by atoms with Gasteiger partial charge in [-0.25, -0.2) is 12.4 Å². The Hall–Kier alpha value is -2.87. The van der Waals surface area contributed by atoms with Gasteiger partial charge in [0.1, 0.15) is 0 Å². The Morgan fingerprint density at radius 1 is 1.12 bits per heavy atom. The smallest absolute Gasteiger partial charge is 0.267 e. The van der Waals surface area contributed by atoms with Crippen LogP contribution < -0.4 is 5.32 Å². The van der Waals surface area contributed by atoms with Crippen LogP contribution in [0.4, 0.5) is 0 Å². The summed E-state index contributed by atoms with van der Waals surface area (Å²) >= 11 is 0. The quantitative estimate of drug-likeness (QED) is 0.758. The van der Waals surface area contributed by atoms with Crippen molar-refractivity contribution in [1.29, 1.82) is 0 Å². The maximum absolute atomic E-state index is 12.5. The van der Waals surface area contributed by atoms with Crippen molar-refractivity contribution in [2.75, 3.05) is 0 Å². The van der Waals surface area contributed by atoms with Gasteiger partial charge in [0.2, 0.25) is 0 Å². The van der Waals surface area contributed by atoms with Gasteiger partial charge in [0.25, 0.3) is 15.9 Å². The van der Waals surface area contributed by atoms with Crippen LogP contribution in [0.5, 0.6) is 0 Å². The number of aromatic nitrogens is 3. The van der Waals surface area contributed by atoms with E-state index in [0.29, 0.717) is 0 Å². The molecule has 0 fully saturated rings. The molecule has 0 unspecified atom stereocenters. The van der Waals surface area contributed by atoms with Crippen LogP contribution in [0, 0.1) is 0 Å². The molecule has 0 aliphatic rings. The van der Waals surface area contributed by atoms with Crippen molar-refractivity contribution in [2.45, 2.75) is 11.4 Å². The van der Waals surface area contributed by atoms with Crippen molar-refractivity contribution in [3.05, 3.63) is 72.3 Å². The number of amides is 1. The maximum atomic E-state index is 12.5. The lowest BCUT2D eigenvalue weighted by Gasteiger charge is -2.05.